The fourth-order valence-electron chi connectivity index (χ4n) is 1.79. The van der Waals surface area contributed by atoms with Crippen LogP contribution in [-0.2, 0) is 13.3 Å². The molecule has 0 aliphatic rings. The van der Waals surface area contributed by atoms with Gasteiger partial charge in [0.2, 0.25) is 0 Å². The Bertz CT molecular complexity index is 178. The largest absolute Gasteiger partial charge is 0.508 e. The first-order valence-corrected chi connectivity index (χ1v) is 8.05. The molecule has 3 nitrogen and oxygen atoms in total. The van der Waals surface area contributed by atoms with E-state index in [1.54, 1.807) is 0 Å². The molecule has 0 fully saturated rings. The number of hydrogen-bond acceptors (Lipinski definition) is 3. The van der Waals surface area contributed by atoms with Crippen LogP contribution in [0, 0.1) is 0 Å². The Kier molecular flexibility index (Phi) is 8.84. The van der Waals surface area contributed by atoms with Crippen LogP contribution in [-0.4, -0.2) is 28.6 Å². The van der Waals surface area contributed by atoms with E-state index in [-0.39, 0.29) is 5.54 Å². The number of rotatable bonds is 9. The zero-order valence-corrected chi connectivity index (χ0v) is 12.3. The predicted octanol–water partition coefficient (Wildman–Crippen LogP) is 3.39. The molecule has 1 atom stereocenters. The van der Waals surface area contributed by atoms with Crippen molar-refractivity contribution >= 4 is 8.80 Å². The molecule has 0 saturated heterocycles. The van der Waals surface area contributed by atoms with Crippen LogP contribution in [0.25, 0.3) is 0 Å². The van der Waals surface area contributed by atoms with E-state index in [9.17, 15) is 0 Å². The van der Waals surface area contributed by atoms with E-state index < -0.39 is 8.80 Å². The first-order valence-electron chi connectivity index (χ1n) is 6.25. The van der Waals surface area contributed by atoms with Gasteiger partial charge >= 0.3 is 8.80 Å². The average Bonchev–Trinajstić information content (AvgIpc) is 2.26. The minimum atomic E-state index is -2.53. The molecule has 0 rings (SSSR count). The van der Waals surface area contributed by atoms with Gasteiger partial charge in [-0.3, -0.25) is 0 Å². The topological polar surface area (TPSA) is 27.7 Å². The molecule has 0 aromatic rings. The molecule has 0 N–H and O–H groups in total. The summed E-state index contributed by atoms with van der Waals surface area (Å²) in [5, 5.41) is 0. The molecule has 96 valence electrons. The summed E-state index contributed by atoms with van der Waals surface area (Å²) in [4.78, 5) is 0. The Labute approximate surface area is 101 Å². The molecule has 0 aliphatic carbocycles. The molecule has 0 saturated carbocycles. The van der Waals surface area contributed by atoms with Gasteiger partial charge in [0.05, 0.1) is 0 Å². The van der Waals surface area contributed by atoms with Crippen LogP contribution in [0.2, 0.25) is 5.54 Å². The highest BCUT2D eigenvalue weighted by Gasteiger charge is 2.46. The number of hydrogen-bond donors (Lipinski definition) is 0. The smallest absolute Gasteiger partial charge is 0.373 e. The van der Waals surface area contributed by atoms with Gasteiger partial charge in [-0.25, -0.2) is 0 Å². The Morgan fingerprint density at radius 3 is 1.62 bits per heavy atom. The van der Waals surface area contributed by atoms with Crippen molar-refractivity contribution in [3.63, 3.8) is 0 Å². The van der Waals surface area contributed by atoms with Gasteiger partial charge < -0.3 is 13.3 Å². The zero-order chi connectivity index (χ0) is 12.4. The Morgan fingerprint density at radius 2 is 1.38 bits per heavy atom. The second-order valence-corrected chi connectivity index (χ2v) is 6.26. The number of allylic oxidation sites excluding steroid dienone is 2. The van der Waals surface area contributed by atoms with E-state index in [0.29, 0.717) is 19.8 Å². The van der Waals surface area contributed by atoms with Crippen molar-refractivity contribution in [3.8, 4) is 0 Å². The molecule has 4 heteroatoms. The summed E-state index contributed by atoms with van der Waals surface area (Å²) >= 11 is 0. The third kappa shape index (κ3) is 4.37. The lowest BCUT2D eigenvalue weighted by Crippen LogP contribution is -2.49. The summed E-state index contributed by atoms with van der Waals surface area (Å²) < 4.78 is 17.6. The standard InChI is InChI=1S/C12H26O3Si/c1-6-11-12(7-2)16(13-8-3,14-9-4)15-10-5/h6,11-12H,7-10H2,1-5H3/b11-6-. The van der Waals surface area contributed by atoms with Crippen molar-refractivity contribution in [1.29, 1.82) is 0 Å². The minimum absolute atomic E-state index is 0.261. The maximum absolute atomic E-state index is 5.86. The van der Waals surface area contributed by atoms with Crippen molar-refractivity contribution in [2.24, 2.45) is 0 Å². The van der Waals surface area contributed by atoms with Crippen LogP contribution in [0.5, 0.6) is 0 Å². The van der Waals surface area contributed by atoms with Crippen LogP contribution in [0.15, 0.2) is 12.2 Å². The van der Waals surface area contributed by atoms with E-state index in [1.165, 1.54) is 0 Å². The fourth-order valence-corrected chi connectivity index (χ4v) is 4.81. The van der Waals surface area contributed by atoms with Crippen LogP contribution in [0.4, 0.5) is 0 Å². The maximum atomic E-state index is 5.86. The normalized spacial score (nSPS) is 14.6. The van der Waals surface area contributed by atoms with Gasteiger partial charge in [-0.15, -0.1) is 0 Å². The van der Waals surface area contributed by atoms with Gasteiger partial charge in [-0.2, -0.15) is 0 Å². The van der Waals surface area contributed by atoms with E-state index in [4.69, 9.17) is 13.3 Å². The van der Waals surface area contributed by atoms with Crippen LogP contribution in [0.3, 0.4) is 0 Å². The van der Waals surface area contributed by atoms with Gasteiger partial charge in [0, 0.05) is 25.4 Å². The van der Waals surface area contributed by atoms with Crippen molar-refractivity contribution in [1.82, 2.24) is 0 Å². The van der Waals surface area contributed by atoms with Crippen molar-refractivity contribution in [3.05, 3.63) is 12.2 Å². The molecule has 0 bridgehead atoms. The second-order valence-electron chi connectivity index (χ2n) is 3.44. The molecular formula is C12H26O3Si. The Morgan fingerprint density at radius 1 is 0.938 bits per heavy atom. The molecule has 1 unspecified atom stereocenters. The van der Waals surface area contributed by atoms with E-state index in [0.717, 1.165) is 6.42 Å². The van der Waals surface area contributed by atoms with E-state index >= 15 is 0 Å². The van der Waals surface area contributed by atoms with Gasteiger partial charge in [0.15, 0.2) is 0 Å². The molecule has 0 aromatic carbocycles. The van der Waals surface area contributed by atoms with Crippen LogP contribution in [0.1, 0.15) is 41.0 Å². The molecule has 16 heavy (non-hydrogen) atoms. The summed E-state index contributed by atoms with van der Waals surface area (Å²) in [6, 6.07) is 0. The van der Waals surface area contributed by atoms with Crippen molar-refractivity contribution in [2.45, 2.75) is 46.6 Å². The lowest BCUT2D eigenvalue weighted by atomic mass is 10.3. The Balaban J connectivity index is 4.92. The molecular weight excluding hydrogens is 220 g/mol. The van der Waals surface area contributed by atoms with E-state index in [2.05, 4.69) is 13.0 Å². The van der Waals surface area contributed by atoms with Crippen LogP contribution < -0.4 is 0 Å². The maximum Gasteiger partial charge on any atom is 0.508 e. The highest BCUT2D eigenvalue weighted by molar-refractivity contribution is 6.63. The SMILES string of the molecule is C/C=C\C(CC)[Si](OCC)(OCC)OCC. The van der Waals surface area contributed by atoms with E-state index in [1.807, 2.05) is 33.8 Å². The summed E-state index contributed by atoms with van der Waals surface area (Å²) in [7, 11) is -2.53. The molecule has 0 aliphatic heterocycles. The van der Waals surface area contributed by atoms with Gasteiger partial charge in [0.1, 0.15) is 0 Å². The zero-order valence-electron chi connectivity index (χ0n) is 11.3. The minimum Gasteiger partial charge on any atom is -0.373 e. The summed E-state index contributed by atoms with van der Waals surface area (Å²) in [6.07, 6.45) is 5.18. The summed E-state index contributed by atoms with van der Waals surface area (Å²) in [5.41, 5.74) is 0.261. The highest BCUT2D eigenvalue weighted by atomic mass is 28.4. The second kappa shape index (κ2) is 8.93. The first kappa shape index (κ1) is 15.8. The average molecular weight is 246 g/mol. The molecule has 0 radical (unpaired) electrons. The monoisotopic (exact) mass is 246 g/mol. The molecule has 0 heterocycles. The van der Waals surface area contributed by atoms with Crippen molar-refractivity contribution in [2.75, 3.05) is 19.8 Å². The fraction of sp³-hybridized carbons (Fsp3) is 0.833. The third-order valence-electron chi connectivity index (χ3n) is 2.36. The summed E-state index contributed by atoms with van der Waals surface area (Å²) in [6.45, 7) is 12.0. The Hall–Kier alpha value is -0.163. The molecule has 0 aromatic heterocycles. The predicted molar refractivity (Wildman–Crippen MR) is 69.5 cm³/mol. The molecule has 0 spiro atoms. The highest BCUT2D eigenvalue weighted by Crippen LogP contribution is 2.30. The van der Waals surface area contributed by atoms with Crippen LogP contribution >= 0.6 is 0 Å². The quantitative estimate of drug-likeness (QED) is 0.461. The lowest BCUT2D eigenvalue weighted by molar-refractivity contribution is 0.0648. The van der Waals surface area contributed by atoms with Gasteiger partial charge in [-0.05, 0) is 34.1 Å². The lowest BCUT2D eigenvalue weighted by Gasteiger charge is -2.33. The van der Waals surface area contributed by atoms with Gasteiger partial charge in [0.25, 0.3) is 0 Å². The third-order valence-corrected chi connectivity index (χ3v) is 5.94. The summed E-state index contributed by atoms with van der Waals surface area (Å²) in [5.74, 6) is 0. The molecule has 0 amide bonds. The van der Waals surface area contributed by atoms with Crippen molar-refractivity contribution < 1.29 is 13.3 Å². The first-order chi connectivity index (χ1) is 7.70. The van der Waals surface area contributed by atoms with Gasteiger partial charge in [-0.1, -0.05) is 19.1 Å².